The lowest BCUT2D eigenvalue weighted by molar-refractivity contribution is -0.306. The summed E-state index contributed by atoms with van der Waals surface area (Å²) in [7, 11) is 1.53. The lowest BCUT2D eigenvalue weighted by atomic mass is 10.0. The number of hydrogen-bond donors (Lipinski definition) is 2. The van der Waals surface area contributed by atoms with Gasteiger partial charge in [0.1, 0.15) is 5.75 Å². The topological polar surface area (TPSA) is 124 Å². The summed E-state index contributed by atoms with van der Waals surface area (Å²) in [6.07, 6.45) is 1.17. The molecule has 0 fully saturated rings. The van der Waals surface area contributed by atoms with Crippen LogP contribution in [0.2, 0.25) is 0 Å². The minimum Gasteiger partial charge on any atom is -0.550 e. The zero-order chi connectivity index (χ0) is 20.5. The maximum absolute atomic E-state index is 12.3. The number of thioether (sulfide) groups is 1. The van der Waals surface area contributed by atoms with Crippen LogP contribution in [0.5, 0.6) is 5.75 Å². The summed E-state index contributed by atoms with van der Waals surface area (Å²) < 4.78 is 5.08. The normalized spacial score (nSPS) is 11.6. The third-order valence-electron chi connectivity index (χ3n) is 3.84. The minimum absolute atomic E-state index is 0.0157. The molecule has 0 aliphatic carbocycles. The number of nitrogens with one attached hydrogen (secondary N) is 2. The summed E-state index contributed by atoms with van der Waals surface area (Å²) in [5, 5.41) is 14.1. The summed E-state index contributed by atoms with van der Waals surface area (Å²) in [4.78, 5) is 41.9. The fourth-order valence-corrected chi connectivity index (χ4v) is 3.27. The molecular formula is C19H22N3O5S-. The average molecular weight is 404 g/mol. The fourth-order valence-electron chi connectivity index (χ4n) is 2.56. The number of carbonyl (C=O) groups is 2. The number of hydrogen-bond acceptors (Lipinski definition) is 7. The van der Waals surface area contributed by atoms with Crippen LogP contribution >= 0.6 is 11.8 Å². The highest BCUT2D eigenvalue weighted by Gasteiger charge is 2.16. The quantitative estimate of drug-likeness (QED) is 0.444. The maximum Gasteiger partial charge on any atom is 0.251 e. The SMILES string of the molecule is CCCc1cc(=O)[nH]c(SCC(=O)N[C@@H](CC(=O)[O-])c2ccc(OC)cc2)n1. The molecule has 150 valence electrons. The van der Waals surface area contributed by atoms with Crippen molar-refractivity contribution in [2.45, 2.75) is 37.4 Å². The molecule has 0 saturated carbocycles. The Kier molecular flexibility index (Phi) is 8.06. The molecule has 1 aromatic heterocycles. The van der Waals surface area contributed by atoms with Gasteiger partial charge in [-0.05, 0) is 24.1 Å². The molecule has 0 aliphatic heterocycles. The molecule has 0 saturated heterocycles. The molecule has 0 bridgehead atoms. The first kappa shape index (κ1) is 21.5. The Bertz CT molecular complexity index is 867. The molecule has 28 heavy (non-hydrogen) atoms. The van der Waals surface area contributed by atoms with Crippen LogP contribution in [-0.4, -0.2) is 34.7 Å². The Morgan fingerprint density at radius 1 is 1.32 bits per heavy atom. The summed E-state index contributed by atoms with van der Waals surface area (Å²) in [5.74, 6) is -1.04. The lowest BCUT2D eigenvalue weighted by Crippen LogP contribution is -2.35. The Morgan fingerprint density at radius 3 is 2.64 bits per heavy atom. The van der Waals surface area contributed by atoms with Gasteiger partial charge >= 0.3 is 0 Å². The molecule has 2 rings (SSSR count). The number of benzene rings is 1. The van der Waals surface area contributed by atoms with Gasteiger partial charge in [-0.1, -0.05) is 37.2 Å². The van der Waals surface area contributed by atoms with E-state index >= 15 is 0 Å². The van der Waals surface area contributed by atoms with Crippen molar-refractivity contribution < 1.29 is 19.4 Å². The van der Waals surface area contributed by atoms with Crippen LogP contribution in [0.3, 0.4) is 0 Å². The molecular weight excluding hydrogens is 382 g/mol. The number of amides is 1. The van der Waals surface area contributed by atoms with Gasteiger partial charge in [0.15, 0.2) is 5.16 Å². The van der Waals surface area contributed by atoms with Gasteiger partial charge in [-0.3, -0.25) is 9.59 Å². The van der Waals surface area contributed by atoms with Crippen molar-refractivity contribution >= 4 is 23.6 Å². The largest absolute Gasteiger partial charge is 0.550 e. The zero-order valence-electron chi connectivity index (χ0n) is 15.7. The van der Waals surface area contributed by atoms with E-state index in [1.54, 1.807) is 24.3 Å². The molecule has 0 aliphatic rings. The summed E-state index contributed by atoms with van der Waals surface area (Å²) in [6, 6.07) is 7.45. The van der Waals surface area contributed by atoms with Gasteiger partial charge < -0.3 is 24.9 Å². The van der Waals surface area contributed by atoms with Gasteiger partial charge in [-0.2, -0.15) is 0 Å². The van der Waals surface area contributed by atoms with E-state index in [4.69, 9.17) is 4.74 Å². The van der Waals surface area contributed by atoms with Crippen molar-refractivity contribution in [2.75, 3.05) is 12.9 Å². The van der Waals surface area contributed by atoms with E-state index in [1.807, 2.05) is 6.92 Å². The second-order valence-electron chi connectivity index (χ2n) is 6.05. The van der Waals surface area contributed by atoms with Gasteiger partial charge in [0.2, 0.25) is 5.91 Å². The van der Waals surface area contributed by atoms with E-state index in [2.05, 4.69) is 15.3 Å². The van der Waals surface area contributed by atoms with E-state index in [1.165, 1.54) is 13.2 Å². The highest BCUT2D eigenvalue weighted by atomic mass is 32.2. The molecule has 0 spiro atoms. The number of aromatic amines is 1. The van der Waals surface area contributed by atoms with Crippen molar-refractivity contribution in [3.8, 4) is 5.75 Å². The van der Waals surface area contributed by atoms with Crippen LogP contribution < -0.4 is 20.7 Å². The molecule has 9 heteroatoms. The molecule has 1 aromatic carbocycles. The Balaban J connectivity index is 2.03. The van der Waals surface area contributed by atoms with Gasteiger partial charge in [0.25, 0.3) is 5.56 Å². The molecule has 8 nitrogen and oxygen atoms in total. The third-order valence-corrected chi connectivity index (χ3v) is 4.72. The van der Waals surface area contributed by atoms with Crippen molar-refractivity contribution in [1.82, 2.24) is 15.3 Å². The first-order valence-electron chi connectivity index (χ1n) is 8.77. The first-order valence-corrected chi connectivity index (χ1v) is 9.76. The van der Waals surface area contributed by atoms with Crippen LogP contribution in [0.4, 0.5) is 0 Å². The van der Waals surface area contributed by atoms with Crippen molar-refractivity contribution in [3.63, 3.8) is 0 Å². The number of carbonyl (C=O) groups excluding carboxylic acids is 2. The lowest BCUT2D eigenvalue weighted by Gasteiger charge is -2.20. The Hall–Kier alpha value is -2.81. The van der Waals surface area contributed by atoms with E-state index in [9.17, 15) is 19.5 Å². The molecule has 2 N–H and O–H groups in total. The number of ether oxygens (including phenoxy) is 1. The molecule has 1 heterocycles. The number of rotatable bonds is 10. The number of carboxylic acid groups (broad SMARTS) is 1. The second kappa shape index (κ2) is 10.5. The smallest absolute Gasteiger partial charge is 0.251 e. The summed E-state index contributed by atoms with van der Waals surface area (Å²) >= 11 is 1.08. The predicted molar refractivity (Wildman–Crippen MR) is 103 cm³/mol. The van der Waals surface area contributed by atoms with Crippen molar-refractivity contribution in [1.29, 1.82) is 0 Å². The monoisotopic (exact) mass is 404 g/mol. The highest BCUT2D eigenvalue weighted by Crippen LogP contribution is 2.21. The van der Waals surface area contributed by atoms with Gasteiger partial charge in [-0.15, -0.1) is 0 Å². The van der Waals surface area contributed by atoms with Gasteiger partial charge in [0, 0.05) is 24.2 Å². The molecule has 1 amide bonds. The molecule has 0 radical (unpaired) electrons. The molecule has 1 atom stereocenters. The number of nitrogens with zero attached hydrogens (tertiary/aromatic N) is 1. The summed E-state index contributed by atoms with van der Waals surface area (Å²) in [5.41, 5.74) is 1.02. The van der Waals surface area contributed by atoms with Crippen molar-refractivity contribution in [2.24, 2.45) is 0 Å². The Morgan fingerprint density at radius 2 is 2.04 bits per heavy atom. The highest BCUT2D eigenvalue weighted by molar-refractivity contribution is 7.99. The van der Waals surface area contributed by atoms with Gasteiger partial charge in [-0.25, -0.2) is 4.98 Å². The second-order valence-corrected chi connectivity index (χ2v) is 7.01. The number of aryl methyl sites for hydroxylation is 1. The Labute approximate surface area is 166 Å². The fraction of sp³-hybridized carbons (Fsp3) is 0.368. The molecule has 2 aromatic rings. The third kappa shape index (κ3) is 6.73. The summed E-state index contributed by atoms with van der Waals surface area (Å²) in [6.45, 7) is 1.99. The van der Waals surface area contributed by atoms with Crippen LogP contribution in [0.25, 0.3) is 0 Å². The maximum atomic E-state index is 12.3. The minimum atomic E-state index is -1.27. The zero-order valence-corrected chi connectivity index (χ0v) is 16.5. The van der Waals surface area contributed by atoms with Crippen LogP contribution in [0.1, 0.15) is 37.1 Å². The van der Waals surface area contributed by atoms with Crippen LogP contribution in [-0.2, 0) is 16.0 Å². The standard InChI is InChI=1S/C19H23N3O5S/c1-3-4-13-9-16(23)22-19(20-13)28-11-17(24)21-15(10-18(25)26)12-5-7-14(27-2)8-6-12/h5-9,15H,3-4,10-11H2,1-2H3,(H,21,24)(H,25,26)(H,20,22,23)/p-1/t15-/m0/s1. The van der Waals surface area contributed by atoms with Crippen LogP contribution in [0.15, 0.2) is 40.3 Å². The number of carboxylic acids is 1. The van der Waals surface area contributed by atoms with E-state index < -0.39 is 12.0 Å². The van der Waals surface area contributed by atoms with E-state index in [-0.39, 0.29) is 23.6 Å². The van der Waals surface area contributed by atoms with E-state index in [0.29, 0.717) is 28.6 Å². The predicted octanol–water partition coefficient (Wildman–Crippen LogP) is 0.821. The first-order chi connectivity index (χ1) is 13.4. The van der Waals surface area contributed by atoms with E-state index in [0.717, 1.165) is 18.2 Å². The number of aliphatic carboxylic acids is 1. The van der Waals surface area contributed by atoms with Crippen LogP contribution in [0, 0.1) is 0 Å². The van der Waals surface area contributed by atoms with Crippen molar-refractivity contribution in [3.05, 3.63) is 51.9 Å². The average Bonchev–Trinajstić information content (AvgIpc) is 2.65. The molecule has 0 unspecified atom stereocenters. The number of aromatic nitrogens is 2. The number of methoxy groups -OCH3 is 1. The number of H-pyrrole nitrogens is 1. The van der Waals surface area contributed by atoms with Gasteiger partial charge in [0.05, 0.1) is 18.9 Å².